The van der Waals surface area contributed by atoms with Crippen molar-refractivity contribution in [1.82, 2.24) is 10.2 Å². The minimum atomic E-state index is 0.595. The zero-order chi connectivity index (χ0) is 11.5. The third kappa shape index (κ3) is 2.47. The molecule has 1 aromatic rings. The molecule has 16 heavy (non-hydrogen) atoms. The first-order chi connectivity index (χ1) is 7.70. The van der Waals surface area contributed by atoms with Crippen molar-refractivity contribution in [3.63, 3.8) is 0 Å². The van der Waals surface area contributed by atoms with Crippen LogP contribution in [0.5, 0.6) is 0 Å². The molecule has 3 heteroatoms. The average Bonchev–Trinajstić information content (AvgIpc) is 2.74. The fraction of sp³-hybridized carbons (Fsp3) is 0.692. The van der Waals surface area contributed by atoms with Crippen LogP contribution in [0.2, 0.25) is 0 Å². The molecule has 2 nitrogen and oxygen atoms in total. The summed E-state index contributed by atoms with van der Waals surface area (Å²) < 4.78 is 0. The normalized spacial score (nSPS) is 24.9. The topological polar surface area (TPSA) is 15.3 Å². The fourth-order valence-electron chi connectivity index (χ4n) is 2.60. The van der Waals surface area contributed by atoms with Gasteiger partial charge in [0.15, 0.2) is 0 Å². The standard InChI is InChI=1S/C13H22N2S/c1-10(2)13(12-5-4-8-16-12)15-7-6-14-9-11(15)3/h4-5,8,10-11,13-14H,6-7,9H2,1-3H3. The number of rotatable bonds is 3. The molecule has 90 valence electrons. The lowest BCUT2D eigenvalue weighted by atomic mass is 9.98. The Morgan fingerprint density at radius 2 is 2.31 bits per heavy atom. The van der Waals surface area contributed by atoms with Gasteiger partial charge in [-0.05, 0) is 24.3 Å². The first-order valence-corrected chi connectivity index (χ1v) is 7.08. The summed E-state index contributed by atoms with van der Waals surface area (Å²) in [7, 11) is 0. The first-order valence-electron chi connectivity index (χ1n) is 6.20. The molecule has 0 aliphatic carbocycles. The average molecular weight is 238 g/mol. The minimum absolute atomic E-state index is 0.595. The number of nitrogens with one attached hydrogen (secondary N) is 1. The van der Waals surface area contributed by atoms with Gasteiger partial charge in [0.25, 0.3) is 0 Å². The lowest BCUT2D eigenvalue weighted by Gasteiger charge is -2.41. The van der Waals surface area contributed by atoms with Crippen molar-refractivity contribution in [3.05, 3.63) is 22.4 Å². The Morgan fingerprint density at radius 1 is 1.50 bits per heavy atom. The van der Waals surface area contributed by atoms with Crippen molar-refractivity contribution < 1.29 is 0 Å². The van der Waals surface area contributed by atoms with E-state index in [1.54, 1.807) is 0 Å². The third-order valence-corrected chi connectivity index (χ3v) is 4.32. The molecular formula is C13H22N2S. The Bertz CT molecular complexity index is 308. The van der Waals surface area contributed by atoms with Gasteiger partial charge in [-0.25, -0.2) is 0 Å². The SMILES string of the molecule is CC(C)C(c1cccs1)N1CCNCC1C. The van der Waals surface area contributed by atoms with Crippen molar-refractivity contribution >= 4 is 11.3 Å². The van der Waals surface area contributed by atoms with Crippen molar-refractivity contribution in [2.24, 2.45) is 5.92 Å². The molecule has 0 saturated carbocycles. The van der Waals surface area contributed by atoms with Gasteiger partial charge < -0.3 is 5.32 Å². The van der Waals surface area contributed by atoms with Crippen LogP contribution in [0, 0.1) is 5.92 Å². The minimum Gasteiger partial charge on any atom is -0.314 e. The Labute approximate surface area is 103 Å². The molecule has 0 amide bonds. The maximum Gasteiger partial charge on any atom is 0.0468 e. The highest BCUT2D eigenvalue weighted by molar-refractivity contribution is 7.10. The monoisotopic (exact) mass is 238 g/mol. The molecule has 2 rings (SSSR count). The van der Waals surface area contributed by atoms with Crippen LogP contribution in [-0.4, -0.2) is 30.6 Å². The molecule has 0 bridgehead atoms. The predicted molar refractivity (Wildman–Crippen MR) is 70.9 cm³/mol. The smallest absolute Gasteiger partial charge is 0.0468 e. The maximum atomic E-state index is 3.47. The van der Waals surface area contributed by atoms with Gasteiger partial charge in [0.2, 0.25) is 0 Å². The van der Waals surface area contributed by atoms with Crippen LogP contribution in [0.15, 0.2) is 17.5 Å². The van der Waals surface area contributed by atoms with Crippen LogP contribution in [0.25, 0.3) is 0 Å². The molecule has 0 spiro atoms. The molecule has 2 atom stereocenters. The van der Waals surface area contributed by atoms with Crippen molar-refractivity contribution in [2.45, 2.75) is 32.9 Å². The Balaban J connectivity index is 2.18. The summed E-state index contributed by atoms with van der Waals surface area (Å²) in [6.07, 6.45) is 0. The second-order valence-electron chi connectivity index (χ2n) is 5.00. The molecule has 1 aromatic heterocycles. The van der Waals surface area contributed by atoms with Gasteiger partial charge in [0, 0.05) is 36.6 Å². The van der Waals surface area contributed by atoms with Gasteiger partial charge in [-0.1, -0.05) is 19.9 Å². The van der Waals surface area contributed by atoms with Crippen LogP contribution in [-0.2, 0) is 0 Å². The number of hydrogen-bond donors (Lipinski definition) is 1. The number of thiophene rings is 1. The van der Waals surface area contributed by atoms with Crippen LogP contribution >= 0.6 is 11.3 Å². The quantitative estimate of drug-likeness (QED) is 0.871. The van der Waals surface area contributed by atoms with E-state index in [1.165, 1.54) is 11.4 Å². The first kappa shape index (κ1) is 12.1. The molecule has 1 N–H and O–H groups in total. The van der Waals surface area contributed by atoms with E-state index in [2.05, 4.69) is 48.5 Å². The zero-order valence-corrected chi connectivity index (χ0v) is 11.3. The summed E-state index contributed by atoms with van der Waals surface area (Å²) >= 11 is 1.89. The van der Waals surface area contributed by atoms with Gasteiger partial charge in [0.1, 0.15) is 0 Å². The fourth-order valence-corrected chi connectivity index (χ4v) is 3.62. The summed E-state index contributed by atoms with van der Waals surface area (Å²) in [5.41, 5.74) is 0. The lowest BCUT2D eigenvalue weighted by molar-refractivity contribution is 0.0898. The van der Waals surface area contributed by atoms with E-state index in [9.17, 15) is 0 Å². The second kappa shape index (κ2) is 5.30. The molecule has 1 aliphatic rings. The van der Waals surface area contributed by atoms with Gasteiger partial charge >= 0.3 is 0 Å². The highest BCUT2D eigenvalue weighted by atomic mass is 32.1. The zero-order valence-electron chi connectivity index (χ0n) is 10.4. The summed E-state index contributed by atoms with van der Waals surface area (Å²) in [6, 6.07) is 5.69. The summed E-state index contributed by atoms with van der Waals surface area (Å²) in [4.78, 5) is 4.18. The molecule has 0 aromatic carbocycles. The molecule has 2 unspecified atom stereocenters. The highest BCUT2D eigenvalue weighted by Crippen LogP contribution is 2.33. The highest BCUT2D eigenvalue weighted by Gasteiger charge is 2.29. The third-order valence-electron chi connectivity index (χ3n) is 3.38. The molecular weight excluding hydrogens is 216 g/mol. The van der Waals surface area contributed by atoms with Gasteiger partial charge in [-0.15, -0.1) is 11.3 Å². The molecule has 2 heterocycles. The Hall–Kier alpha value is -0.380. The second-order valence-corrected chi connectivity index (χ2v) is 5.97. The van der Waals surface area contributed by atoms with Crippen LogP contribution in [0.3, 0.4) is 0 Å². The van der Waals surface area contributed by atoms with Crippen LogP contribution in [0.1, 0.15) is 31.7 Å². The van der Waals surface area contributed by atoms with E-state index in [0.29, 0.717) is 18.0 Å². The van der Waals surface area contributed by atoms with Gasteiger partial charge in [-0.2, -0.15) is 0 Å². The summed E-state index contributed by atoms with van der Waals surface area (Å²) in [6.45, 7) is 10.4. The Morgan fingerprint density at radius 3 is 2.88 bits per heavy atom. The molecule has 0 radical (unpaired) electrons. The van der Waals surface area contributed by atoms with E-state index in [1.807, 2.05) is 11.3 Å². The van der Waals surface area contributed by atoms with Crippen molar-refractivity contribution in [1.29, 1.82) is 0 Å². The van der Waals surface area contributed by atoms with E-state index < -0.39 is 0 Å². The number of hydrogen-bond acceptors (Lipinski definition) is 3. The van der Waals surface area contributed by atoms with E-state index in [0.717, 1.165) is 13.1 Å². The van der Waals surface area contributed by atoms with Crippen LogP contribution in [0.4, 0.5) is 0 Å². The largest absolute Gasteiger partial charge is 0.314 e. The van der Waals surface area contributed by atoms with Gasteiger partial charge in [-0.3, -0.25) is 4.90 Å². The summed E-state index contributed by atoms with van der Waals surface area (Å²) in [5.74, 6) is 0.680. The maximum absolute atomic E-state index is 3.47. The molecule has 1 saturated heterocycles. The summed E-state index contributed by atoms with van der Waals surface area (Å²) in [5, 5.41) is 5.66. The van der Waals surface area contributed by atoms with Crippen molar-refractivity contribution in [2.75, 3.05) is 19.6 Å². The van der Waals surface area contributed by atoms with E-state index >= 15 is 0 Å². The van der Waals surface area contributed by atoms with Crippen LogP contribution < -0.4 is 5.32 Å². The van der Waals surface area contributed by atoms with Gasteiger partial charge in [0.05, 0.1) is 0 Å². The Kier molecular flexibility index (Phi) is 4.00. The van der Waals surface area contributed by atoms with E-state index in [-0.39, 0.29) is 0 Å². The molecule has 1 aliphatic heterocycles. The lowest BCUT2D eigenvalue weighted by Crippen LogP contribution is -2.51. The van der Waals surface area contributed by atoms with E-state index in [4.69, 9.17) is 0 Å². The predicted octanol–water partition coefficient (Wildman–Crippen LogP) is 2.74. The molecule has 1 fully saturated rings. The number of nitrogens with zero attached hydrogens (tertiary/aromatic N) is 1. The number of piperazine rings is 1. The van der Waals surface area contributed by atoms with Crippen molar-refractivity contribution in [3.8, 4) is 0 Å².